The lowest BCUT2D eigenvalue weighted by atomic mass is 10.0. The molecular formula is C22H25N3O2. The molecule has 2 aromatic carbocycles. The largest absolute Gasteiger partial charge is 0.330 e. The Morgan fingerprint density at radius 2 is 1.56 bits per heavy atom. The lowest BCUT2D eigenvalue weighted by Gasteiger charge is -2.25. The molecule has 0 radical (unpaired) electrons. The first-order valence-corrected chi connectivity index (χ1v) is 9.37. The zero-order valence-corrected chi connectivity index (χ0v) is 15.8. The summed E-state index contributed by atoms with van der Waals surface area (Å²) in [5, 5.41) is 4.43. The molecule has 1 N–H and O–H groups in total. The first kappa shape index (κ1) is 18.8. The van der Waals surface area contributed by atoms with Crippen molar-refractivity contribution in [3.8, 4) is 0 Å². The zero-order chi connectivity index (χ0) is 19.2. The monoisotopic (exact) mass is 363 g/mol. The van der Waals surface area contributed by atoms with Crippen LogP contribution in [0.2, 0.25) is 0 Å². The first-order chi connectivity index (χ1) is 13.1. The molecule has 1 heterocycles. The fourth-order valence-corrected chi connectivity index (χ4v) is 3.31. The molecule has 1 aliphatic rings. The second kappa shape index (κ2) is 8.62. The van der Waals surface area contributed by atoms with Crippen molar-refractivity contribution in [3.63, 3.8) is 0 Å². The third-order valence-electron chi connectivity index (χ3n) is 4.70. The van der Waals surface area contributed by atoms with Gasteiger partial charge in [-0.25, -0.2) is 5.43 Å². The Labute approximate surface area is 160 Å². The summed E-state index contributed by atoms with van der Waals surface area (Å²) in [7, 11) is 0. The number of hydrogen-bond donors (Lipinski definition) is 1. The molecule has 0 saturated carbocycles. The van der Waals surface area contributed by atoms with Gasteiger partial charge in [-0.3, -0.25) is 9.59 Å². The van der Waals surface area contributed by atoms with E-state index >= 15 is 0 Å². The van der Waals surface area contributed by atoms with Crippen molar-refractivity contribution < 1.29 is 9.59 Å². The van der Waals surface area contributed by atoms with Crippen molar-refractivity contribution in [1.82, 2.24) is 10.3 Å². The van der Waals surface area contributed by atoms with E-state index in [1.54, 1.807) is 4.90 Å². The molecule has 3 rings (SSSR count). The van der Waals surface area contributed by atoms with Crippen LogP contribution in [0.25, 0.3) is 0 Å². The molecule has 1 atom stereocenters. The van der Waals surface area contributed by atoms with Crippen LogP contribution in [-0.4, -0.2) is 35.0 Å². The van der Waals surface area contributed by atoms with Gasteiger partial charge in [0.2, 0.25) is 5.91 Å². The van der Waals surface area contributed by atoms with Crippen LogP contribution in [0.5, 0.6) is 0 Å². The zero-order valence-electron chi connectivity index (χ0n) is 15.8. The van der Waals surface area contributed by atoms with Gasteiger partial charge in [0, 0.05) is 23.6 Å². The van der Waals surface area contributed by atoms with Crippen LogP contribution in [-0.2, 0) is 9.59 Å². The van der Waals surface area contributed by atoms with E-state index in [1.165, 1.54) is 0 Å². The summed E-state index contributed by atoms with van der Waals surface area (Å²) in [5.41, 5.74) is 5.24. The van der Waals surface area contributed by atoms with Gasteiger partial charge in [0.15, 0.2) is 0 Å². The van der Waals surface area contributed by atoms with E-state index in [0.717, 1.165) is 17.5 Å². The summed E-state index contributed by atoms with van der Waals surface area (Å²) in [5.74, 6) is -0.333. The van der Waals surface area contributed by atoms with Gasteiger partial charge in [0.25, 0.3) is 5.91 Å². The van der Waals surface area contributed by atoms with Crippen LogP contribution in [0, 0.1) is 5.92 Å². The van der Waals surface area contributed by atoms with E-state index < -0.39 is 6.04 Å². The van der Waals surface area contributed by atoms with E-state index in [2.05, 4.69) is 10.5 Å². The Balaban J connectivity index is 1.82. The van der Waals surface area contributed by atoms with Gasteiger partial charge in [-0.1, -0.05) is 74.5 Å². The van der Waals surface area contributed by atoms with Gasteiger partial charge < -0.3 is 4.90 Å². The molecule has 2 amide bonds. The number of carbonyl (C=O) groups excluding carboxylic acids is 2. The maximum Gasteiger partial charge on any atom is 0.262 e. The lowest BCUT2D eigenvalue weighted by Crippen LogP contribution is -2.46. The van der Waals surface area contributed by atoms with Crippen molar-refractivity contribution in [1.29, 1.82) is 0 Å². The van der Waals surface area contributed by atoms with Crippen LogP contribution in [0.1, 0.15) is 37.8 Å². The van der Waals surface area contributed by atoms with Gasteiger partial charge in [0.1, 0.15) is 6.04 Å². The highest BCUT2D eigenvalue weighted by Gasteiger charge is 2.34. The molecule has 2 aromatic rings. The maximum atomic E-state index is 12.7. The average Bonchev–Trinajstić information content (AvgIpc) is 3.19. The number of rotatable bonds is 5. The van der Waals surface area contributed by atoms with Crippen molar-refractivity contribution in [2.24, 2.45) is 11.0 Å². The number of benzene rings is 2. The highest BCUT2D eigenvalue weighted by Crippen LogP contribution is 2.20. The van der Waals surface area contributed by atoms with Crippen LogP contribution >= 0.6 is 0 Å². The molecule has 1 fully saturated rings. The highest BCUT2D eigenvalue weighted by molar-refractivity contribution is 6.13. The molecule has 27 heavy (non-hydrogen) atoms. The summed E-state index contributed by atoms with van der Waals surface area (Å²) in [6.07, 6.45) is 1.51. The Bertz CT molecular complexity index is 774. The van der Waals surface area contributed by atoms with Gasteiger partial charge in [-0.2, -0.15) is 5.10 Å². The molecule has 1 saturated heterocycles. The Kier molecular flexibility index (Phi) is 6.01. The SMILES string of the molecule is CC(C)C(=O)N1CCCC1C(=O)NN=C(c1ccccc1)c1ccccc1. The van der Waals surface area contributed by atoms with E-state index in [1.807, 2.05) is 74.5 Å². The predicted molar refractivity (Wildman–Crippen MR) is 106 cm³/mol. The number of hydrazone groups is 1. The van der Waals surface area contributed by atoms with Gasteiger partial charge in [-0.05, 0) is 12.8 Å². The number of nitrogens with one attached hydrogen (secondary N) is 1. The minimum Gasteiger partial charge on any atom is -0.330 e. The highest BCUT2D eigenvalue weighted by atomic mass is 16.2. The average molecular weight is 363 g/mol. The number of likely N-dealkylation sites (tertiary alicyclic amines) is 1. The maximum absolute atomic E-state index is 12.7. The van der Waals surface area contributed by atoms with E-state index in [4.69, 9.17) is 0 Å². The molecule has 5 heteroatoms. The fourth-order valence-electron chi connectivity index (χ4n) is 3.31. The molecule has 0 aliphatic carbocycles. The second-order valence-electron chi connectivity index (χ2n) is 7.01. The Hall–Kier alpha value is -2.95. The van der Waals surface area contributed by atoms with Gasteiger partial charge >= 0.3 is 0 Å². The molecule has 5 nitrogen and oxygen atoms in total. The van der Waals surface area contributed by atoms with E-state index in [0.29, 0.717) is 18.7 Å². The van der Waals surface area contributed by atoms with Gasteiger partial charge in [-0.15, -0.1) is 0 Å². The molecule has 0 bridgehead atoms. The van der Waals surface area contributed by atoms with Crippen LogP contribution in [0.3, 0.4) is 0 Å². The summed E-state index contributed by atoms with van der Waals surface area (Å²) in [6.45, 7) is 4.34. The quantitative estimate of drug-likeness (QED) is 0.655. The lowest BCUT2D eigenvalue weighted by molar-refractivity contribution is -0.140. The van der Waals surface area contributed by atoms with Crippen LogP contribution < -0.4 is 5.43 Å². The summed E-state index contributed by atoms with van der Waals surface area (Å²) < 4.78 is 0. The molecule has 0 aromatic heterocycles. The van der Waals surface area contributed by atoms with Crippen molar-refractivity contribution >= 4 is 17.5 Å². The third kappa shape index (κ3) is 4.42. The summed E-state index contributed by atoms with van der Waals surface area (Å²) in [6, 6.07) is 19.0. The van der Waals surface area contributed by atoms with E-state index in [9.17, 15) is 9.59 Å². The summed E-state index contributed by atoms with van der Waals surface area (Å²) >= 11 is 0. The topological polar surface area (TPSA) is 61.8 Å². The van der Waals surface area contributed by atoms with Crippen LogP contribution in [0.15, 0.2) is 65.8 Å². The number of carbonyl (C=O) groups is 2. The Morgan fingerprint density at radius 3 is 2.07 bits per heavy atom. The number of hydrogen-bond acceptors (Lipinski definition) is 3. The van der Waals surface area contributed by atoms with Crippen molar-refractivity contribution in [2.45, 2.75) is 32.7 Å². The van der Waals surface area contributed by atoms with E-state index in [-0.39, 0.29) is 17.7 Å². The molecule has 140 valence electrons. The third-order valence-corrected chi connectivity index (χ3v) is 4.70. The minimum atomic E-state index is -0.448. The van der Waals surface area contributed by atoms with Crippen molar-refractivity contribution in [3.05, 3.63) is 71.8 Å². The smallest absolute Gasteiger partial charge is 0.262 e. The summed E-state index contributed by atoms with van der Waals surface area (Å²) in [4.78, 5) is 26.8. The molecule has 1 aliphatic heterocycles. The number of amides is 2. The number of nitrogens with zero attached hydrogens (tertiary/aromatic N) is 2. The molecular weight excluding hydrogens is 338 g/mol. The fraction of sp³-hybridized carbons (Fsp3) is 0.318. The Morgan fingerprint density at radius 1 is 1.00 bits per heavy atom. The standard InChI is InChI=1S/C22H25N3O2/c1-16(2)22(27)25-15-9-14-19(25)21(26)24-23-20(17-10-5-3-6-11-17)18-12-7-4-8-13-18/h3-8,10-13,16,19H,9,14-15H2,1-2H3,(H,24,26). The second-order valence-corrected chi connectivity index (χ2v) is 7.01. The normalized spacial score (nSPS) is 16.3. The van der Waals surface area contributed by atoms with Gasteiger partial charge in [0.05, 0.1) is 5.71 Å². The predicted octanol–water partition coefficient (Wildman–Crippen LogP) is 3.20. The van der Waals surface area contributed by atoms with Crippen LogP contribution in [0.4, 0.5) is 0 Å². The molecule has 0 spiro atoms. The molecule has 1 unspecified atom stereocenters. The minimum absolute atomic E-state index is 0.0166. The van der Waals surface area contributed by atoms with Crippen molar-refractivity contribution in [2.75, 3.05) is 6.54 Å². The first-order valence-electron chi connectivity index (χ1n) is 9.37.